The summed E-state index contributed by atoms with van der Waals surface area (Å²) >= 11 is 11.9. The van der Waals surface area contributed by atoms with Crippen LogP contribution in [0, 0.1) is 6.92 Å². The lowest BCUT2D eigenvalue weighted by Gasteiger charge is -2.15. The van der Waals surface area contributed by atoms with Crippen LogP contribution in [-0.4, -0.2) is 9.13 Å². The lowest BCUT2D eigenvalue weighted by atomic mass is 10.2. The highest BCUT2D eigenvalue weighted by Gasteiger charge is 2.35. The fraction of sp³-hybridized carbons (Fsp3) is 0.231. The lowest BCUT2D eigenvalue weighted by molar-refractivity contribution is -0.144. The number of hydrogen-bond acceptors (Lipinski definition) is 2. The number of benzene rings is 1. The summed E-state index contributed by atoms with van der Waals surface area (Å²) in [5, 5.41) is 0.331. The predicted octanol–water partition coefficient (Wildman–Crippen LogP) is 3.17. The summed E-state index contributed by atoms with van der Waals surface area (Å²) < 4.78 is 39.3. The highest BCUT2D eigenvalue weighted by atomic mass is 35.5. The summed E-state index contributed by atoms with van der Waals surface area (Å²) in [6.45, 7) is 1.56. The van der Waals surface area contributed by atoms with E-state index in [0.29, 0.717) is 25.8 Å². The first-order chi connectivity index (χ1) is 10.1. The molecular weight excluding hydrogens is 344 g/mol. The Bertz CT molecular complexity index is 869. The van der Waals surface area contributed by atoms with E-state index < -0.39 is 23.1 Å². The van der Waals surface area contributed by atoms with E-state index in [-0.39, 0.29) is 10.7 Å². The molecule has 22 heavy (non-hydrogen) atoms. The monoisotopic (exact) mass is 352 g/mol. The second kappa shape index (κ2) is 5.48. The van der Waals surface area contributed by atoms with Gasteiger partial charge in [0, 0.05) is 18.1 Å². The lowest BCUT2D eigenvalue weighted by Crippen LogP contribution is -2.40. The quantitative estimate of drug-likeness (QED) is 0.791. The second-order valence-electron chi connectivity index (χ2n) is 4.55. The molecule has 0 spiro atoms. The number of hydrogen-bond donors (Lipinski definition) is 0. The third-order valence-electron chi connectivity index (χ3n) is 3.15. The summed E-state index contributed by atoms with van der Waals surface area (Å²) in [5.74, 6) is 0. The average Bonchev–Trinajstić information content (AvgIpc) is 2.41. The van der Waals surface area contributed by atoms with E-state index in [1.54, 1.807) is 6.92 Å². The van der Waals surface area contributed by atoms with Gasteiger partial charge in [0.25, 0.3) is 5.56 Å². The average molecular weight is 353 g/mol. The van der Waals surface area contributed by atoms with Gasteiger partial charge in [0.1, 0.15) is 5.69 Å². The number of alkyl halides is 3. The van der Waals surface area contributed by atoms with Gasteiger partial charge < -0.3 is 0 Å². The van der Waals surface area contributed by atoms with Crippen LogP contribution < -0.4 is 11.2 Å². The Morgan fingerprint density at radius 2 is 1.73 bits per heavy atom. The molecule has 1 aromatic carbocycles. The molecule has 0 aliphatic heterocycles. The molecule has 2 aromatic rings. The molecule has 1 aromatic heterocycles. The van der Waals surface area contributed by atoms with Crippen molar-refractivity contribution in [1.29, 1.82) is 0 Å². The minimum Gasteiger partial charge on any atom is -0.292 e. The minimum absolute atomic E-state index is 0.0199. The van der Waals surface area contributed by atoms with Gasteiger partial charge in [-0.2, -0.15) is 13.2 Å². The maximum Gasteiger partial charge on any atom is 0.431 e. The Kier molecular flexibility index (Phi) is 4.14. The fourth-order valence-electron chi connectivity index (χ4n) is 1.94. The molecule has 2 rings (SSSR count). The fourth-order valence-corrected chi connectivity index (χ4v) is 2.39. The van der Waals surface area contributed by atoms with Crippen molar-refractivity contribution < 1.29 is 13.2 Å². The number of aromatic nitrogens is 2. The van der Waals surface area contributed by atoms with Gasteiger partial charge >= 0.3 is 11.9 Å². The van der Waals surface area contributed by atoms with Crippen LogP contribution in [0.4, 0.5) is 13.2 Å². The standard InChI is InChI=1S/C13H9Cl2F3N2O2/c1-6-7(14)3-4-8(11(6)15)20-10(21)5-9(13(16,17)18)19(2)12(20)22/h3-5H,1-2H3. The molecule has 0 radical (unpaired) electrons. The van der Waals surface area contributed by atoms with Crippen LogP contribution in [0.25, 0.3) is 5.69 Å². The molecule has 0 aliphatic carbocycles. The molecule has 0 fully saturated rings. The van der Waals surface area contributed by atoms with Crippen molar-refractivity contribution in [3.8, 4) is 5.69 Å². The molecule has 0 aliphatic rings. The predicted molar refractivity (Wildman–Crippen MR) is 77.0 cm³/mol. The zero-order valence-electron chi connectivity index (χ0n) is 11.3. The summed E-state index contributed by atoms with van der Waals surface area (Å²) in [7, 11) is 0.928. The zero-order valence-corrected chi connectivity index (χ0v) is 12.8. The van der Waals surface area contributed by atoms with Crippen molar-refractivity contribution in [2.45, 2.75) is 13.1 Å². The Labute approximate surface area is 132 Å². The van der Waals surface area contributed by atoms with Crippen molar-refractivity contribution >= 4 is 23.2 Å². The first kappa shape index (κ1) is 16.6. The van der Waals surface area contributed by atoms with Gasteiger partial charge in [-0.05, 0) is 24.6 Å². The minimum atomic E-state index is -4.81. The molecule has 0 saturated carbocycles. The van der Waals surface area contributed by atoms with Crippen LogP contribution >= 0.6 is 23.2 Å². The van der Waals surface area contributed by atoms with Gasteiger partial charge in [-0.1, -0.05) is 23.2 Å². The van der Waals surface area contributed by atoms with Crippen LogP contribution in [0.15, 0.2) is 27.8 Å². The van der Waals surface area contributed by atoms with E-state index >= 15 is 0 Å². The summed E-state index contributed by atoms with van der Waals surface area (Å²) in [6.07, 6.45) is -4.81. The second-order valence-corrected chi connectivity index (χ2v) is 5.33. The van der Waals surface area contributed by atoms with E-state index in [2.05, 4.69) is 0 Å². The SMILES string of the molecule is Cc1c(Cl)ccc(-n2c(=O)cc(C(F)(F)F)n(C)c2=O)c1Cl. The Hall–Kier alpha value is -1.73. The van der Waals surface area contributed by atoms with Crippen LogP contribution in [0.2, 0.25) is 10.0 Å². The topological polar surface area (TPSA) is 44.0 Å². The highest BCUT2D eigenvalue weighted by molar-refractivity contribution is 6.37. The van der Waals surface area contributed by atoms with E-state index in [1.807, 2.05) is 0 Å². The number of halogens is 5. The van der Waals surface area contributed by atoms with E-state index in [1.165, 1.54) is 12.1 Å². The van der Waals surface area contributed by atoms with Crippen molar-refractivity contribution in [2.24, 2.45) is 7.05 Å². The van der Waals surface area contributed by atoms with Crippen LogP contribution in [0.5, 0.6) is 0 Å². The van der Waals surface area contributed by atoms with Gasteiger partial charge in [0.2, 0.25) is 0 Å². The van der Waals surface area contributed by atoms with Gasteiger partial charge in [-0.25, -0.2) is 9.36 Å². The smallest absolute Gasteiger partial charge is 0.292 e. The van der Waals surface area contributed by atoms with Gasteiger partial charge in [-0.15, -0.1) is 0 Å². The maximum absolute atomic E-state index is 12.8. The van der Waals surface area contributed by atoms with E-state index in [4.69, 9.17) is 23.2 Å². The van der Waals surface area contributed by atoms with Gasteiger partial charge in [0.15, 0.2) is 0 Å². The molecule has 0 unspecified atom stereocenters. The Morgan fingerprint density at radius 1 is 1.14 bits per heavy atom. The van der Waals surface area contributed by atoms with E-state index in [9.17, 15) is 22.8 Å². The normalized spacial score (nSPS) is 11.8. The van der Waals surface area contributed by atoms with Crippen molar-refractivity contribution in [3.05, 3.63) is 60.3 Å². The molecule has 0 bridgehead atoms. The Morgan fingerprint density at radius 3 is 2.27 bits per heavy atom. The third kappa shape index (κ3) is 2.66. The van der Waals surface area contributed by atoms with Crippen molar-refractivity contribution in [1.82, 2.24) is 9.13 Å². The first-order valence-electron chi connectivity index (χ1n) is 5.91. The molecule has 0 saturated heterocycles. The summed E-state index contributed by atoms with van der Waals surface area (Å²) in [5.41, 5.74) is -3.22. The largest absolute Gasteiger partial charge is 0.431 e. The van der Waals surface area contributed by atoms with Crippen molar-refractivity contribution in [2.75, 3.05) is 0 Å². The molecule has 1 heterocycles. The van der Waals surface area contributed by atoms with Crippen molar-refractivity contribution in [3.63, 3.8) is 0 Å². The third-order valence-corrected chi connectivity index (χ3v) is 4.04. The van der Waals surface area contributed by atoms with Gasteiger partial charge in [0.05, 0.1) is 10.7 Å². The maximum atomic E-state index is 12.8. The summed E-state index contributed by atoms with van der Waals surface area (Å²) in [4.78, 5) is 24.1. The van der Waals surface area contributed by atoms with Crippen LogP contribution in [0.3, 0.4) is 0 Å². The van der Waals surface area contributed by atoms with E-state index in [0.717, 1.165) is 7.05 Å². The molecule has 9 heteroatoms. The first-order valence-corrected chi connectivity index (χ1v) is 6.66. The van der Waals surface area contributed by atoms with Gasteiger partial charge in [-0.3, -0.25) is 9.36 Å². The molecule has 4 nitrogen and oxygen atoms in total. The number of rotatable bonds is 1. The molecule has 0 amide bonds. The molecule has 118 valence electrons. The van der Waals surface area contributed by atoms with Crippen LogP contribution in [-0.2, 0) is 13.2 Å². The molecular formula is C13H9Cl2F3N2O2. The Balaban J connectivity index is 2.86. The molecule has 0 atom stereocenters. The summed E-state index contributed by atoms with van der Waals surface area (Å²) in [6, 6.07) is 3.05. The molecule has 0 N–H and O–H groups in total. The zero-order chi connectivity index (χ0) is 16.8. The number of nitrogens with zero attached hydrogens (tertiary/aromatic N) is 2. The van der Waals surface area contributed by atoms with Crippen LogP contribution in [0.1, 0.15) is 11.3 Å². The highest BCUT2D eigenvalue weighted by Crippen LogP contribution is 2.29.